The lowest BCUT2D eigenvalue weighted by Crippen LogP contribution is -2.30. The van der Waals surface area contributed by atoms with E-state index in [2.05, 4.69) is 15.6 Å². The average molecular weight is 350 g/mol. The predicted octanol–water partition coefficient (Wildman–Crippen LogP) is 2.97. The summed E-state index contributed by atoms with van der Waals surface area (Å²) in [4.78, 5) is 16.9. The van der Waals surface area contributed by atoms with E-state index in [-0.39, 0.29) is 12.5 Å². The van der Waals surface area contributed by atoms with Crippen molar-refractivity contribution in [3.63, 3.8) is 0 Å². The minimum Gasteiger partial charge on any atom is -0.497 e. The molecule has 1 amide bonds. The van der Waals surface area contributed by atoms with Crippen molar-refractivity contribution in [1.29, 1.82) is 0 Å². The summed E-state index contributed by atoms with van der Waals surface area (Å²) in [7, 11) is 1.64. The summed E-state index contributed by atoms with van der Waals surface area (Å²) in [5, 5.41) is 6.15. The number of nitrogens with zero attached hydrogens (tertiary/aromatic N) is 2. The highest BCUT2D eigenvalue weighted by Gasteiger charge is 2.21. The third-order valence-electron chi connectivity index (χ3n) is 4.54. The SMILES string of the molecule is COc1cccc(-n2c(NC(=O)CNCC3CC3)nc3ccccc32)c1. The van der Waals surface area contributed by atoms with Crippen LogP contribution in [0.1, 0.15) is 12.8 Å². The molecule has 2 aromatic carbocycles. The average Bonchev–Trinajstić information content (AvgIpc) is 3.41. The number of nitrogens with one attached hydrogen (secondary N) is 2. The van der Waals surface area contributed by atoms with Crippen molar-refractivity contribution in [3.8, 4) is 11.4 Å². The van der Waals surface area contributed by atoms with Gasteiger partial charge in [0.25, 0.3) is 0 Å². The normalized spacial score (nSPS) is 13.7. The topological polar surface area (TPSA) is 68.2 Å². The van der Waals surface area contributed by atoms with Gasteiger partial charge >= 0.3 is 0 Å². The first-order valence-electron chi connectivity index (χ1n) is 8.87. The fourth-order valence-electron chi connectivity index (χ4n) is 3.00. The summed E-state index contributed by atoms with van der Waals surface area (Å²) in [5.41, 5.74) is 2.65. The van der Waals surface area contributed by atoms with Gasteiger partial charge in [-0.15, -0.1) is 0 Å². The van der Waals surface area contributed by atoms with Crippen LogP contribution in [0.25, 0.3) is 16.7 Å². The van der Waals surface area contributed by atoms with E-state index in [1.54, 1.807) is 7.11 Å². The van der Waals surface area contributed by atoms with Crippen LogP contribution in [0.4, 0.5) is 5.95 Å². The van der Waals surface area contributed by atoms with Crippen LogP contribution >= 0.6 is 0 Å². The maximum absolute atomic E-state index is 12.3. The van der Waals surface area contributed by atoms with E-state index in [4.69, 9.17) is 4.74 Å². The highest BCUT2D eigenvalue weighted by atomic mass is 16.5. The summed E-state index contributed by atoms with van der Waals surface area (Å²) >= 11 is 0. The number of hydrogen-bond acceptors (Lipinski definition) is 4. The molecule has 6 heteroatoms. The van der Waals surface area contributed by atoms with Crippen LogP contribution in [-0.4, -0.2) is 35.7 Å². The van der Waals surface area contributed by atoms with Crippen LogP contribution in [0, 0.1) is 5.92 Å². The van der Waals surface area contributed by atoms with Crippen LogP contribution in [0.15, 0.2) is 48.5 Å². The molecule has 0 bridgehead atoms. The molecule has 1 aliphatic rings. The maximum atomic E-state index is 12.3. The number of para-hydroxylation sites is 2. The second kappa shape index (κ2) is 7.17. The summed E-state index contributed by atoms with van der Waals surface area (Å²) in [6.45, 7) is 1.19. The van der Waals surface area contributed by atoms with Crippen molar-refractivity contribution in [1.82, 2.24) is 14.9 Å². The van der Waals surface area contributed by atoms with Gasteiger partial charge < -0.3 is 10.1 Å². The van der Waals surface area contributed by atoms with Crippen LogP contribution in [0.5, 0.6) is 5.75 Å². The lowest BCUT2D eigenvalue weighted by molar-refractivity contribution is -0.115. The Morgan fingerprint density at radius 1 is 1.23 bits per heavy atom. The molecule has 1 heterocycles. The Balaban J connectivity index is 1.63. The first-order valence-corrected chi connectivity index (χ1v) is 8.87. The highest BCUT2D eigenvalue weighted by Crippen LogP contribution is 2.28. The third kappa shape index (κ3) is 3.55. The number of benzene rings is 2. The third-order valence-corrected chi connectivity index (χ3v) is 4.54. The molecular weight excluding hydrogens is 328 g/mol. The first kappa shape index (κ1) is 16.6. The van der Waals surface area contributed by atoms with Crippen LogP contribution < -0.4 is 15.4 Å². The number of rotatable bonds is 7. The van der Waals surface area contributed by atoms with Gasteiger partial charge in [-0.25, -0.2) is 4.98 Å². The Bertz CT molecular complexity index is 930. The number of fused-ring (bicyclic) bond motifs is 1. The molecule has 0 saturated heterocycles. The fraction of sp³-hybridized carbons (Fsp3) is 0.300. The van der Waals surface area contributed by atoms with E-state index >= 15 is 0 Å². The smallest absolute Gasteiger partial charge is 0.240 e. The number of hydrogen-bond donors (Lipinski definition) is 2. The molecule has 1 saturated carbocycles. The van der Waals surface area contributed by atoms with Gasteiger partial charge in [0, 0.05) is 6.07 Å². The van der Waals surface area contributed by atoms with Crippen LogP contribution in [-0.2, 0) is 4.79 Å². The zero-order valence-corrected chi connectivity index (χ0v) is 14.7. The highest BCUT2D eigenvalue weighted by molar-refractivity contribution is 5.93. The number of carbonyl (C=O) groups is 1. The zero-order chi connectivity index (χ0) is 17.9. The molecule has 0 atom stereocenters. The number of methoxy groups -OCH3 is 1. The van der Waals surface area contributed by atoms with Gasteiger partial charge in [-0.1, -0.05) is 18.2 Å². The second-order valence-corrected chi connectivity index (χ2v) is 6.58. The summed E-state index contributed by atoms with van der Waals surface area (Å²) in [6, 6.07) is 15.5. The maximum Gasteiger partial charge on any atom is 0.240 e. The number of carbonyl (C=O) groups excluding carboxylic acids is 1. The Kier molecular flexibility index (Phi) is 4.58. The molecule has 1 aromatic heterocycles. The molecule has 0 spiro atoms. The lowest BCUT2D eigenvalue weighted by atomic mass is 10.2. The molecule has 1 aliphatic carbocycles. The molecule has 6 nitrogen and oxygen atoms in total. The Hall–Kier alpha value is -2.86. The Morgan fingerprint density at radius 3 is 2.88 bits per heavy atom. The number of anilines is 1. The monoisotopic (exact) mass is 350 g/mol. The van der Waals surface area contributed by atoms with Crippen molar-refractivity contribution < 1.29 is 9.53 Å². The summed E-state index contributed by atoms with van der Waals surface area (Å²) in [6.07, 6.45) is 2.53. The van der Waals surface area contributed by atoms with Crippen molar-refractivity contribution in [2.45, 2.75) is 12.8 Å². The van der Waals surface area contributed by atoms with Crippen LogP contribution in [0.2, 0.25) is 0 Å². The van der Waals surface area contributed by atoms with Crippen molar-refractivity contribution >= 4 is 22.9 Å². The molecule has 0 radical (unpaired) electrons. The van der Waals surface area contributed by atoms with Gasteiger partial charge in [0.1, 0.15) is 5.75 Å². The van der Waals surface area contributed by atoms with E-state index < -0.39 is 0 Å². The molecule has 0 aliphatic heterocycles. The lowest BCUT2D eigenvalue weighted by Gasteiger charge is -2.11. The first-order chi connectivity index (χ1) is 12.7. The van der Waals surface area contributed by atoms with Gasteiger partial charge in [-0.05, 0) is 49.6 Å². The number of imidazole rings is 1. The predicted molar refractivity (Wildman–Crippen MR) is 102 cm³/mol. The fourth-order valence-corrected chi connectivity index (χ4v) is 3.00. The van der Waals surface area contributed by atoms with Crippen molar-refractivity contribution in [2.75, 3.05) is 25.5 Å². The van der Waals surface area contributed by atoms with Crippen molar-refractivity contribution in [2.24, 2.45) is 5.92 Å². The molecule has 3 aromatic rings. The Labute approximate surface area is 152 Å². The minimum atomic E-state index is -0.0925. The minimum absolute atomic E-state index is 0.0925. The van der Waals surface area contributed by atoms with Gasteiger partial charge in [-0.3, -0.25) is 14.7 Å². The van der Waals surface area contributed by atoms with Crippen LogP contribution in [0.3, 0.4) is 0 Å². The number of ether oxygens (including phenoxy) is 1. The molecule has 1 fully saturated rings. The molecular formula is C20H22N4O2. The quantitative estimate of drug-likeness (QED) is 0.687. The molecule has 0 unspecified atom stereocenters. The van der Waals surface area contributed by atoms with E-state index in [0.29, 0.717) is 5.95 Å². The number of amides is 1. The van der Waals surface area contributed by atoms with Gasteiger partial charge in [0.2, 0.25) is 11.9 Å². The second-order valence-electron chi connectivity index (χ2n) is 6.58. The standard InChI is InChI=1S/C20H22N4O2/c1-26-16-6-4-5-15(11-16)24-18-8-3-2-7-17(18)22-20(24)23-19(25)13-21-12-14-9-10-14/h2-8,11,14,21H,9-10,12-13H2,1H3,(H,22,23,25). The zero-order valence-electron chi connectivity index (χ0n) is 14.7. The van der Waals surface area contributed by atoms with Gasteiger partial charge in [-0.2, -0.15) is 0 Å². The largest absolute Gasteiger partial charge is 0.497 e. The van der Waals surface area contributed by atoms with E-state index in [0.717, 1.165) is 34.9 Å². The van der Waals surface area contributed by atoms with E-state index in [9.17, 15) is 4.79 Å². The summed E-state index contributed by atoms with van der Waals surface area (Å²) < 4.78 is 7.28. The van der Waals surface area contributed by atoms with Crippen molar-refractivity contribution in [3.05, 3.63) is 48.5 Å². The number of aromatic nitrogens is 2. The molecule has 26 heavy (non-hydrogen) atoms. The summed E-state index contributed by atoms with van der Waals surface area (Å²) in [5.74, 6) is 1.91. The molecule has 2 N–H and O–H groups in total. The van der Waals surface area contributed by atoms with E-state index in [1.165, 1.54) is 12.8 Å². The molecule has 4 rings (SSSR count). The Morgan fingerprint density at radius 2 is 2.08 bits per heavy atom. The molecule has 134 valence electrons. The van der Waals surface area contributed by atoms with Gasteiger partial charge in [0.15, 0.2) is 0 Å². The van der Waals surface area contributed by atoms with E-state index in [1.807, 2.05) is 53.1 Å². The van der Waals surface area contributed by atoms with Gasteiger partial charge in [0.05, 0.1) is 30.4 Å².